The molecule has 0 saturated carbocycles. The zero-order valence-electron chi connectivity index (χ0n) is 53.7. The van der Waals surface area contributed by atoms with Crippen molar-refractivity contribution >= 4 is 44.7 Å². The van der Waals surface area contributed by atoms with E-state index in [0.29, 0.717) is 85.9 Å². The summed E-state index contributed by atoms with van der Waals surface area (Å²) in [5.41, 5.74) is 4.60. The molecule has 0 unspecified atom stereocenters. The van der Waals surface area contributed by atoms with E-state index in [1.165, 1.54) is 10.1 Å². The van der Waals surface area contributed by atoms with Gasteiger partial charge in [-0.1, -0.05) is 127 Å². The molecule has 498 valence electrons. The highest BCUT2D eigenvalue weighted by molar-refractivity contribution is 7.33. The summed E-state index contributed by atoms with van der Waals surface area (Å²) in [6, 6.07) is 35.2. The van der Waals surface area contributed by atoms with Crippen LogP contribution in [0.2, 0.25) is 0 Å². The predicted molar refractivity (Wildman–Crippen MR) is 348 cm³/mol. The zero-order chi connectivity index (χ0) is 65.9. The zero-order valence-corrected chi connectivity index (χ0v) is 54.7. The molecule has 0 bridgehead atoms. The van der Waals surface area contributed by atoms with Crippen LogP contribution >= 0.6 is 8.25 Å². The third kappa shape index (κ3) is 23.8. The quantitative estimate of drug-likeness (QED) is 0.00681. The number of amides is 6. The number of carbonyl (C=O) groups excluding carboxylic acids is 6. The smallest absolute Gasteiger partial charge is 0.321 e. The number of unbranched alkanes of at least 4 members (excludes halogenated alkanes) is 4. The van der Waals surface area contributed by atoms with Crippen molar-refractivity contribution in [1.29, 1.82) is 0 Å². The van der Waals surface area contributed by atoms with Crippen molar-refractivity contribution in [3.8, 4) is 34.1 Å². The van der Waals surface area contributed by atoms with Crippen molar-refractivity contribution in [2.75, 3.05) is 40.0 Å². The first-order valence-electron chi connectivity index (χ1n) is 31.7. The molecule has 0 aliphatic heterocycles. The summed E-state index contributed by atoms with van der Waals surface area (Å²) < 4.78 is 47.5. The number of nitrogens with one attached hydrogen (secondary N) is 6. The summed E-state index contributed by atoms with van der Waals surface area (Å²) in [7, 11) is -2.94. The Morgan fingerprint density at radius 3 is 1.29 bits per heavy atom. The molecule has 0 fully saturated rings. The summed E-state index contributed by atoms with van der Waals surface area (Å²) in [5, 5.41) is 19.8. The monoisotopic (exact) mass is 1290 g/mol. The standard InChI is InChI=1S/C68H91N8O15P/c1-7-13-17-27-57(59(9-3)75(47-77)86-41-49-23-19-15-20-24-49)65(79)71-43-73-67(81)63-31-29-61(90-63)53-33-51(35-55(37-53)84-11-5)39-69-45-88-92(83)89-46-70-40-52-34-54(38-56(36-52)85-12-6)62-30-32-64(91-62)68(82)74-44-72-66(80)58(28-18-14-8-2)60(10-4)76(48-78)87-42-50-25-21-16-22-26-50/h15-16,19-26,29-38,47-48,57-60,69-70,92H,7-14,17-18,27-28,39-46H2,1-6H3,(H,71,79)(H,72,80)(H,73,81)(H,74,82)/t57-,58-,59-,60-/m1/s1. The van der Waals surface area contributed by atoms with E-state index in [4.69, 9.17) is 37.0 Å². The van der Waals surface area contributed by atoms with Crippen LogP contribution in [0.25, 0.3) is 22.6 Å². The van der Waals surface area contributed by atoms with E-state index >= 15 is 0 Å². The highest BCUT2D eigenvalue weighted by Crippen LogP contribution is 2.31. The Kier molecular flexibility index (Phi) is 32.2. The second kappa shape index (κ2) is 40.7. The van der Waals surface area contributed by atoms with Crippen LogP contribution in [0.3, 0.4) is 0 Å². The fraction of sp³-hybridized carbons (Fsp3) is 0.441. The number of benzene rings is 4. The maximum absolute atomic E-state index is 13.7. The van der Waals surface area contributed by atoms with Gasteiger partial charge in [-0.05, 0) is 122 Å². The van der Waals surface area contributed by atoms with E-state index in [1.54, 1.807) is 36.4 Å². The van der Waals surface area contributed by atoms with E-state index in [2.05, 4.69) is 45.7 Å². The number of hydrogen-bond donors (Lipinski definition) is 6. The van der Waals surface area contributed by atoms with E-state index < -0.39 is 44.0 Å². The van der Waals surface area contributed by atoms with Crippen LogP contribution in [0.5, 0.6) is 11.5 Å². The van der Waals surface area contributed by atoms with Gasteiger partial charge < -0.3 is 39.6 Å². The average molecular weight is 1290 g/mol. The van der Waals surface area contributed by atoms with Gasteiger partial charge in [0.2, 0.25) is 24.6 Å². The first kappa shape index (κ1) is 72.9. The maximum Gasteiger partial charge on any atom is 0.321 e. The van der Waals surface area contributed by atoms with E-state index in [1.807, 2.05) is 113 Å². The molecule has 6 rings (SSSR count). The summed E-state index contributed by atoms with van der Waals surface area (Å²) in [6.45, 7) is 12.8. The molecule has 0 aliphatic carbocycles. The number of furan rings is 2. The van der Waals surface area contributed by atoms with Crippen molar-refractivity contribution in [2.45, 2.75) is 144 Å². The Labute approximate surface area is 540 Å². The number of rotatable bonds is 46. The lowest BCUT2D eigenvalue weighted by Crippen LogP contribution is -2.48. The molecule has 6 amide bonds. The number of hydrogen-bond acceptors (Lipinski definition) is 17. The van der Waals surface area contributed by atoms with Crippen LogP contribution in [0.1, 0.15) is 149 Å². The average Bonchev–Trinajstić information content (AvgIpc) is 1.99. The van der Waals surface area contributed by atoms with Gasteiger partial charge >= 0.3 is 8.25 Å². The third-order valence-corrected chi connectivity index (χ3v) is 15.8. The highest BCUT2D eigenvalue weighted by Gasteiger charge is 2.34. The van der Waals surface area contributed by atoms with Crippen LogP contribution in [0.4, 0.5) is 0 Å². The van der Waals surface area contributed by atoms with Gasteiger partial charge in [-0.3, -0.25) is 62.7 Å². The molecule has 4 aromatic carbocycles. The van der Waals surface area contributed by atoms with Crippen molar-refractivity contribution in [3.05, 3.63) is 155 Å². The van der Waals surface area contributed by atoms with Crippen LogP contribution in [0, 0.1) is 11.8 Å². The minimum atomic E-state index is -2.94. The third-order valence-electron chi connectivity index (χ3n) is 15.0. The molecule has 24 heteroatoms. The van der Waals surface area contributed by atoms with E-state index in [0.717, 1.165) is 60.8 Å². The topological polar surface area (TPSA) is 280 Å². The number of ether oxygens (including phenoxy) is 2. The first-order valence-corrected chi connectivity index (χ1v) is 32.9. The lowest BCUT2D eigenvalue weighted by atomic mass is 9.90. The molecular formula is C68H91N8O15P. The van der Waals surface area contributed by atoms with Gasteiger partial charge in [0.25, 0.3) is 11.8 Å². The maximum atomic E-state index is 13.7. The van der Waals surface area contributed by atoms with Crippen molar-refractivity contribution in [3.63, 3.8) is 0 Å². The van der Waals surface area contributed by atoms with Gasteiger partial charge in [-0.15, -0.1) is 0 Å². The molecule has 0 radical (unpaired) electrons. The summed E-state index contributed by atoms with van der Waals surface area (Å²) in [4.78, 5) is 90.4. The molecule has 23 nitrogen and oxygen atoms in total. The van der Waals surface area contributed by atoms with Gasteiger partial charge in [0.1, 0.15) is 49.7 Å². The van der Waals surface area contributed by atoms with Crippen LogP contribution in [0.15, 0.2) is 130 Å². The molecule has 0 spiro atoms. The Morgan fingerprint density at radius 2 is 0.924 bits per heavy atom. The lowest BCUT2D eigenvalue weighted by molar-refractivity contribution is -0.200. The van der Waals surface area contributed by atoms with E-state index in [-0.39, 0.29) is 76.4 Å². The van der Waals surface area contributed by atoms with Gasteiger partial charge in [0.15, 0.2) is 11.5 Å². The Balaban J connectivity index is 0.945. The fourth-order valence-corrected chi connectivity index (χ4v) is 10.9. The molecule has 2 aromatic heterocycles. The molecule has 6 N–H and O–H groups in total. The molecule has 6 aromatic rings. The molecule has 92 heavy (non-hydrogen) atoms. The Morgan fingerprint density at radius 1 is 0.511 bits per heavy atom. The Bertz CT molecular complexity index is 3010. The van der Waals surface area contributed by atoms with Crippen LogP contribution in [-0.4, -0.2) is 98.7 Å². The first-order chi connectivity index (χ1) is 44.8. The van der Waals surface area contributed by atoms with Crippen molar-refractivity contribution in [1.82, 2.24) is 42.0 Å². The normalized spacial score (nSPS) is 12.5. The molecule has 2 heterocycles. The summed E-state index contributed by atoms with van der Waals surface area (Å²) in [6.07, 6.45) is 8.52. The molecule has 4 atom stereocenters. The number of hydroxylamine groups is 4. The van der Waals surface area contributed by atoms with Crippen LogP contribution < -0.4 is 41.4 Å². The summed E-state index contributed by atoms with van der Waals surface area (Å²) >= 11 is 0. The lowest BCUT2D eigenvalue weighted by Gasteiger charge is -2.32. The van der Waals surface area contributed by atoms with Gasteiger partial charge in [0, 0.05) is 24.2 Å². The Hall–Kier alpha value is -8.15. The molecule has 0 aliphatic rings. The second-order valence-electron chi connectivity index (χ2n) is 21.7. The minimum absolute atomic E-state index is 0.0220. The fourth-order valence-electron chi connectivity index (χ4n) is 10.4. The minimum Gasteiger partial charge on any atom is -0.494 e. The second-order valence-corrected chi connectivity index (χ2v) is 22.7. The van der Waals surface area contributed by atoms with Crippen molar-refractivity contribution in [2.24, 2.45) is 11.8 Å². The van der Waals surface area contributed by atoms with E-state index in [9.17, 15) is 33.3 Å². The largest absolute Gasteiger partial charge is 0.494 e. The van der Waals surface area contributed by atoms with Crippen molar-refractivity contribution < 1.29 is 70.4 Å². The summed E-state index contributed by atoms with van der Waals surface area (Å²) in [5.74, 6) is -0.937. The number of nitrogens with zero attached hydrogens (tertiary/aromatic N) is 2. The molecule has 0 saturated heterocycles. The van der Waals surface area contributed by atoms with Gasteiger partial charge in [-0.2, -0.15) is 0 Å². The SMILES string of the molecule is CCCCC[C@@H](C(=O)NCNC(=O)c1ccc(-c2cc(CNCO[PH](=O)OCNCc3cc(OCC)cc(-c4ccc(C(=O)NCNC(=O)[C@H](CCCCC)[C@@H](CC)N(C=O)OCc5ccccc5)o4)c3)cc(OCC)c2)o1)[C@@H](CC)N(C=O)OCc1ccccc1. The van der Waals surface area contributed by atoms with Gasteiger partial charge in [0.05, 0.1) is 50.5 Å². The van der Waals surface area contributed by atoms with Crippen LogP contribution in [-0.2, 0) is 68.8 Å². The highest BCUT2D eigenvalue weighted by atomic mass is 31.1. The number of carbonyl (C=O) groups is 6. The molecular weight excluding hydrogens is 1200 g/mol. The van der Waals surface area contributed by atoms with Gasteiger partial charge in [-0.25, -0.2) is 10.1 Å². The predicted octanol–water partition coefficient (Wildman–Crippen LogP) is 11.0.